The SMILES string of the molecule is CCOc1ccc(-c2ccc(SNc3cccc(C)n3)c(C)c2)cc1. The largest absolute Gasteiger partial charge is 0.494 e. The topological polar surface area (TPSA) is 34.1 Å². The van der Waals surface area contributed by atoms with Crippen molar-refractivity contribution in [3.8, 4) is 16.9 Å². The van der Waals surface area contributed by atoms with Gasteiger partial charge in [-0.3, -0.25) is 0 Å². The molecule has 0 saturated carbocycles. The van der Waals surface area contributed by atoms with Crippen molar-refractivity contribution in [2.24, 2.45) is 0 Å². The van der Waals surface area contributed by atoms with E-state index in [0.717, 1.165) is 17.3 Å². The van der Waals surface area contributed by atoms with Crippen molar-refractivity contribution in [1.29, 1.82) is 0 Å². The lowest BCUT2D eigenvalue weighted by molar-refractivity contribution is 0.340. The van der Waals surface area contributed by atoms with Crippen molar-refractivity contribution in [2.75, 3.05) is 11.3 Å². The number of hydrogen-bond acceptors (Lipinski definition) is 4. The van der Waals surface area contributed by atoms with Crippen LogP contribution in [0.15, 0.2) is 65.6 Å². The van der Waals surface area contributed by atoms with E-state index in [1.54, 1.807) is 11.9 Å². The van der Waals surface area contributed by atoms with Gasteiger partial charge in [-0.2, -0.15) is 0 Å². The van der Waals surface area contributed by atoms with Gasteiger partial charge in [-0.1, -0.05) is 30.3 Å². The minimum absolute atomic E-state index is 0.688. The van der Waals surface area contributed by atoms with Crippen molar-refractivity contribution in [3.63, 3.8) is 0 Å². The molecule has 1 aromatic heterocycles. The average Bonchev–Trinajstić information content (AvgIpc) is 2.62. The number of rotatable bonds is 6. The summed E-state index contributed by atoms with van der Waals surface area (Å²) in [5.41, 5.74) is 4.64. The summed E-state index contributed by atoms with van der Waals surface area (Å²) in [4.78, 5) is 5.66. The van der Waals surface area contributed by atoms with Gasteiger partial charge in [-0.15, -0.1) is 0 Å². The quantitative estimate of drug-likeness (QED) is 0.563. The molecule has 0 aliphatic rings. The Morgan fingerprint density at radius 2 is 1.72 bits per heavy atom. The molecule has 1 heterocycles. The van der Waals surface area contributed by atoms with Crippen molar-refractivity contribution in [3.05, 3.63) is 71.9 Å². The number of nitrogens with zero attached hydrogens (tertiary/aromatic N) is 1. The number of aromatic nitrogens is 1. The highest BCUT2D eigenvalue weighted by atomic mass is 32.2. The Hall–Kier alpha value is -2.46. The van der Waals surface area contributed by atoms with E-state index in [4.69, 9.17) is 4.74 Å². The van der Waals surface area contributed by atoms with Crippen molar-refractivity contribution in [2.45, 2.75) is 25.7 Å². The van der Waals surface area contributed by atoms with Crippen molar-refractivity contribution >= 4 is 17.8 Å². The normalized spacial score (nSPS) is 10.5. The van der Waals surface area contributed by atoms with Crippen LogP contribution in [0.5, 0.6) is 5.75 Å². The van der Waals surface area contributed by atoms with Gasteiger partial charge in [0.25, 0.3) is 0 Å². The number of aryl methyl sites for hydroxylation is 2. The summed E-state index contributed by atoms with van der Waals surface area (Å²) < 4.78 is 8.82. The first kappa shape index (κ1) is 17.4. The van der Waals surface area contributed by atoms with Crippen LogP contribution in [0.4, 0.5) is 5.82 Å². The maximum atomic E-state index is 5.50. The standard InChI is InChI=1S/C21H22N2OS/c1-4-24-19-11-8-17(9-12-19)18-10-13-20(15(2)14-18)25-23-21-7-5-6-16(3)22-21/h5-14H,4H2,1-3H3,(H,22,23). The predicted molar refractivity (Wildman–Crippen MR) is 106 cm³/mol. The van der Waals surface area contributed by atoms with Gasteiger partial charge in [0.15, 0.2) is 0 Å². The van der Waals surface area contributed by atoms with E-state index >= 15 is 0 Å². The molecule has 128 valence electrons. The highest BCUT2D eigenvalue weighted by Crippen LogP contribution is 2.29. The molecule has 4 heteroatoms. The molecular weight excluding hydrogens is 328 g/mol. The summed E-state index contributed by atoms with van der Waals surface area (Å²) in [6.45, 7) is 6.81. The Morgan fingerprint density at radius 1 is 0.960 bits per heavy atom. The van der Waals surface area contributed by atoms with Crippen LogP contribution in [-0.2, 0) is 0 Å². The summed E-state index contributed by atoms with van der Waals surface area (Å²) in [7, 11) is 0. The monoisotopic (exact) mass is 350 g/mol. The fraction of sp³-hybridized carbons (Fsp3) is 0.190. The second-order valence-electron chi connectivity index (χ2n) is 5.81. The van der Waals surface area contributed by atoms with E-state index in [1.807, 2.05) is 44.2 Å². The molecular formula is C21H22N2OS. The van der Waals surface area contributed by atoms with E-state index < -0.39 is 0 Å². The van der Waals surface area contributed by atoms with E-state index in [1.165, 1.54) is 21.6 Å². The zero-order valence-corrected chi connectivity index (χ0v) is 15.6. The Labute approximate surface area is 153 Å². The van der Waals surface area contributed by atoms with Gasteiger partial charge < -0.3 is 9.46 Å². The van der Waals surface area contributed by atoms with Gasteiger partial charge in [0.2, 0.25) is 0 Å². The molecule has 3 rings (SSSR count). The first-order chi connectivity index (χ1) is 12.2. The van der Waals surface area contributed by atoms with Crippen LogP contribution in [0.1, 0.15) is 18.2 Å². The molecule has 0 unspecified atom stereocenters. The fourth-order valence-electron chi connectivity index (χ4n) is 2.56. The van der Waals surface area contributed by atoms with Gasteiger partial charge in [0.1, 0.15) is 11.6 Å². The molecule has 3 aromatic rings. The van der Waals surface area contributed by atoms with Crippen molar-refractivity contribution in [1.82, 2.24) is 4.98 Å². The van der Waals surface area contributed by atoms with Gasteiger partial charge in [-0.05, 0) is 79.7 Å². The molecule has 0 atom stereocenters. The van der Waals surface area contributed by atoms with Gasteiger partial charge in [0.05, 0.1) is 6.61 Å². The Morgan fingerprint density at radius 3 is 2.40 bits per heavy atom. The zero-order valence-electron chi connectivity index (χ0n) is 14.7. The molecule has 2 aromatic carbocycles. The maximum Gasteiger partial charge on any atom is 0.136 e. The predicted octanol–water partition coefficient (Wildman–Crippen LogP) is 5.88. The molecule has 0 amide bonds. The van der Waals surface area contributed by atoms with E-state index in [9.17, 15) is 0 Å². The average molecular weight is 350 g/mol. The maximum absolute atomic E-state index is 5.50. The Balaban J connectivity index is 1.72. The molecule has 1 N–H and O–H groups in total. The summed E-state index contributed by atoms with van der Waals surface area (Å²) in [6.07, 6.45) is 0. The number of anilines is 1. The van der Waals surface area contributed by atoms with Crippen LogP contribution in [-0.4, -0.2) is 11.6 Å². The van der Waals surface area contributed by atoms with Gasteiger partial charge >= 0.3 is 0 Å². The molecule has 0 bridgehead atoms. The molecule has 25 heavy (non-hydrogen) atoms. The van der Waals surface area contributed by atoms with Crippen molar-refractivity contribution < 1.29 is 4.74 Å². The third kappa shape index (κ3) is 4.54. The first-order valence-electron chi connectivity index (χ1n) is 8.36. The van der Waals surface area contributed by atoms with Crippen LogP contribution < -0.4 is 9.46 Å². The van der Waals surface area contributed by atoms with E-state index in [-0.39, 0.29) is 0 Å². The molecule has 0 aliphatic heterocycles. The molecule has 0 fully saturated rings. The van der Waals surface area contributed by atoms with Crippen LogP contribution >= 0.6 is 11.9 Å². The molecule has 0 radical (unpaired) electrons. The third-order valence-electron chi connectivity index (χ3n) is 3.83. The Kier molecular flexibility index (Phi) is 5.61. The number of ether oxygens (including phenoxy) is 1. The van der Waals surface area contributed by atoms with E-state index in [2.05, 4.69) is 47.0 Å². The van der Waals surface area contributed by atoms with E-state index in [0.29, 0.717) is 6.61 Å². The second kappa shape index (κ2) is 8.08. The lowest BCUT2D eigenvalue weighted by atomic mass is 10.0. The molecule has 0 aliphatic carbocycles. The molecule has 0 spiro atoms. The number of benzene rings is 2. The van der Waals surface area contributed by atoms with Crippen LogP contribution in [0.3, 0.4) is 0 Å². The summed E-state index contributed by atoms with van der Waals surface area (Å²) in [5, 5.41) is 0. The zero-order chi connectivity index (χ0) is 17.6. The minimum Gasteiger partial charge on any atom is -0.494 e. The Bertz CT molecular complexity index is 847. The lowest BCUT2D eigenvalue weighted by Crippen LogP contribution is -1.93. The number of pyridine rings is 1. The fourth-order valence-corrected chi connectivity index (χ4v) is 3.25. The first-order valence-corrected chi connectivity index (χ1v) is 9.18. The van der Waals surface area contributed by atoms with Crippen LogP contribution in [0.2, 0.25) is 0 Å². The smallest absolute Gasteiger partial charge is 0.136 e. The second-order valence-corrected chi connectivity index (χ2v) is 6.65. The van der Waals surface area contributed by atoms with Crippen LogP contribution in [0.25, 0.3) is 11.1 Å². The summed E-state index contributed by atoms with van der Waals surface area (Å²) >= 11 is 1.59. The minimum atomic E-state index is 0.688. The van der Waals surface area contributed by atoms with Gasteiger partial charge in [-0.25, -0.2) is 4.98 Å². The molecule has 3 nitrogen and oxygen atoms in total. The lowest BCUT2D eigenvalue weighted by Gasteiger charge is -2.10. The van der Waals surface area contributed by atoms with Gasteiger partial charge in [0, 0.05) is 10.6 Å². The highest BCUT2D eigenvalue weighted by molar-refractivity contribution is 8.00. The third-order valence-corrected chi connectivity index (χ3v) is 4.82. The number of hydrogen-bond donors (Lipinski definition) is 1. The summed E-state index contributed by atoms with van der Waals surface area (Å²) in [6, 6.07) is 20.7. The highest BCUT2D eigenvalue weighted by Gasteiger charge is 2.05. The summed E-state index contributed by atoms with van der Waals surface area (Å²) in [5.74, 6) is 1.78. The molecule has 0 saturated heterocycles. The van der Waals surface area contributed by atoms with Crippen LogP contribution in [0, 0.1) is 13.8 Å². The number of nitrogens with one attached hydrogen (secondary N) is 1.